The van der Waals surface area contributed by atoms with Gasteiger partial charge in [-0.05, 0) is 0 Å². The molecule has 11 heavy (non-hydrogen) atoms. The molecule has 2 aromatic heterocycles. The van der Waals surface area contributed by atoms with E-state index in [1.165, 1.54) is 11.3 Å². The molecule has 0 atom stereocenters. The van der Waals surface area contributed by atoms with E-state index in [0.29, 0.717) is 5.82 Å². The molecule has 0 aromatic carbocycles. The van der Waals surface area contributed by atoms with Crippen molar-refractivity contribution in [2.24, 2.45) is 0 Å². The minimum absolute atomic E-state index is 0.258. The molecule has 0 unspecified atom stereocenters. The van der Waals surface area contributed by atoms with Gasteiger partial charge in [0.25, 0.3) is 0 Å². The van der Waals surface area contributed by atoms with Crippen LogP contribution < -0.4 is 5.73 Å². The van der Waals surface area contributed by atoms with Crippen molar-refractivity contribution < 1.29 is 0 Å². The van der Waals surface area contributed by atoms with Crippen molar-refractivity contribution in [3.8, 4) is 10.7 Å². The zero-order valence-corrected chi connectivity index (χ0v) is 6.30. The second-order valence-electron chi connectivity index (χ2n) is 1.91. The van der Waals surface area contributed by atoms with Crippen molar-refractivity contribution >= 4 is 17.3 Å². The first-order chi connectivity index (χ1) is 5.36. The molecule has 56 valence electrons. The van der Waals surface area contributed by atoms with Crippen LogP contribution in [0.2, 0.25) is 0 Å². The van der Waals surface area contributed by atoms with Crippen molar-refractivity contribution in [2.45, 2.75) is 0 Å². The van der Waals surface area contributed by atoms with E-state index >= 15 is 0 Å². The number of anilines is 1. The average Bonchev–Trinajstić information content (AvgIpc) is 2.55. The van der Waals surface area contributed by atoms with Gasteiger partial charge in [0.15, 0.2) is 5.82 Å². The van der Waals surface area contributed by atoms with Crippen LogP contribution in [0.3, 0.4) is 0 Å². The highest BCUT2D eigenvalue weighted by Gasteiger charge is 2.03. The first kappa shape index (κ1) is 6.29. The largest absolute Gasteiger partial charge is 0.366 e. The van der Waals surface area contributed by atoms with Crippen molar-refractivity contribution in [3.63, 3.8) is 0 Å². The van der Waals surface area contributed by atoms with Crippen LogP contribution in [0.15, 0.2) is 11.7 Å². The minimum Gasteiger partial charge on any atom is -0.366 e. The maximum atomic E-state index is 5.32. The maximum Gasteiger partial charge on any atom is 0.239 e. The summed E-state index contributed by atoms with van der Waals surface area (Å²) in [4.78, 5) is 8.77. The number of rotatable bonds is 1. The molecule has 0 aliphatic carbocycles. The van der Waals surface area contributed by atoms with Gasteiger partial charge in [0, 0.05) is 6.20 Å². The van der Waals surface area contributed by atoms with Crippen LogP contribution in [0, 0.1) is 0 Å². The van der Waals surface area contributed by atoms with E-state index in [-0.39, 0.29) is 5.95 Å². The predicted molar refractivity (Wildman–Crippen MR) is 41.9 cm³/mol. The average molecular weight is 167 g/mol. The number of nitrogens with zero attached hydrogens (tertiary/aromatic N) is 3. The van der Waals surface area contributed by atoms with Crippen molar-refractivity contribution in [3.05, 3.63) is 11.7 Å². The Bertz CT molecular complexity index is 337. The van der Waals surface area contributed by atoms with Gasteiger partial charge in [-0.1, -0.05) is 0 Å². The Labute approximate surface area is 66.3 Å². The van der Waals surface area contributed by atoms with Gasteiger partial charge in [-0.3, -0.25) is 10.1 Å². The number of aromatic amines is 1. The SMILES string of the molecule is Nc1n[nH]c(-c2cncs2)n1. The summed E-state index contributed by atoms with van der Waals surface area (Å²) in [7, 11) is 0. The molecule has 3 N–H and O–H groups in total. The lowest BCUT2D eigenvalue weighted by molar-refractivity contribution is 1.10. The number of nitrogens with two attached hydrogens (primary N) is 1. The third kappa shape index (κ3) is 1.07. The topological polar surface area (TPSA) is 80.5 Å². The molecule has 0 aliphatic heterocycles. The lowest BCUT2D eigenvalue weighted by Crippen LogP contribution is -1.84. The van der Waals surface area contributed by atoms with E-state index in [1.54, 1.807) is 11.7 Å². The Balaban J connectivity index is 2.45. The van der Waals surface area contributed by atoms with E-state index in [9.17, 15) is 0 Å². The zero-order valence-electron chi connectivity index (χ0n) is 5.48. The highest BCUT2D eigenvalue weighted by atomic mass is 32.1. The van der Waals surface area contributed by atoms with Crippen molar-refractivity contribution in [1.29, 1.82) is 0 Å². The monoisotopic (exact) mass is 167 g/mol. The van der Waals surface area contributed by atoms with Gasteiger partial charge in [0.05, 0.1) is 10.4 Å². The second kappa shape index (κ2) is 2.31. The van der Waals surface area contributed by atoms with E-state index in [1.807, 2.05) is 0 Å². The normalized spacial score (nSPS) is 10.2. The first-order valence-corrected chi connectivity index (χ1v) is 3.81. The Morgan fingerprint density at radius 3 is 3.00 bits per heavy atom. The van der Waals surface area contributed by atoms with E-state index in [0.717, 1.165) is 4.88 Å². The van der Waals surface area contributed by atoms with Crippen LogP contribution >= 0.6 is 11.3 Å². The molecular formula is C5H5N5S. The van der Waals surface area contributed by atoms with Crippen LogP contribution in [0.25, 0.3) is 10.7 Å². The molecule has 2 heterocycles. The molecule has 0 amide bonds. The standard InChI is InChI=1S/C5H5N5S/c6-5-8-4(9-10-5)3-1-7-2-11-3/h1-2H,(H3,6,8,9,10). The Morgan fingerprint density at radius 1 is 1.55 bits per heavy atom. The number of thiazole rings is 1. The highest BCUT2D eigenvalue weighted by Crippen LogP contribution is 2.18. The molecule has 0 saturated carbocycles. The lowest BCUT2D eigenvalue weighted by Gasteiger charge is -1.82. The first-order valence-electron chi connectivity index (χ1n) is 2.93. The summed E-state index contributed by atoms with van der Waals surface area (Å²) in [6, 6.07) is 0. The second-order valence-corrected chi connectivity index (χ2v) is 2.79. The highest BCUT2D eigenvalue weighted by molar-refractivity contribution is 7.13. The molecular weight excluding hydrogens is 162 g/mol. The number of hydrogen-bond donors (Lipinski definition) is 2. The van der Waals surface area contributed by atoms with Crippen LogP contribution in [0.4, 0.5) is 5.95 Å². The fourth-order valence-corrected chi connectivity index (χ4v) is 1.28. The molecule has 0 spiro atoms. The summed E-state index contributed by atoms with van der Waals surface area (Å²) in [5, 5.41) is 6.39. The van der Waals surface area contributed by atoms with Gasteiger partial charge in [-0.2, -0.15) is 4.98 Å². The number of hydrogen-bond acceptors (Lipinski definition) is 5. The molecule has 6 heteroatoms. The van der Waals surface area contributed by atoms with E-state index < -0.39 is 0 Å². The van der Waals surface area contributed by atoms with Gasteiger partial charge < -0.3 is 5.73 Å². The third-order valence-corrected chi connectivity index (χ3v) is 1.95. The summed E-state index contributed by atoms with van der Waals surface area (Å²) >= 11 is 1.49. The van der Waals surface area contributed by atoms with Gasteiger partial charge in [-0.15, -0.1) is 16.4 Å². The summed E-state index contributed by atoms with van der Waals surface area (Å²) < 4.78 is 0. The molecule has 2 aromatic rings. The van der Waals surface area contributed by atoms with Crippen LogP contribution in [-0.2, 0) is 0 Å². The van der Waals surface area contributed by atoms with Gasteiger partial charge in [0.2, 0.25) is 5.95 Å². The maximum absolute atomic E-state index is 5.32. The summed E-state index contributed by atoms with van der Waals surface area (Å²) in [5.74, 6) is 0.929. The Kier molecular flexibility index (Phi) is 1.32. The van der Waals surface area contributed by atoms with Crippen molar-refractivity contribution in [1.82, 2.24) is 20.2 Å². The van der Waals surface area contributed by atoms with Crippen LogP contribution in [0.1, 0.15) is 0 Å². The van der Waals surface area contributed by atoms with Crippen molar-refractivity contribution in [2.75, 3.05) is 5.73 Å². The lowest BCUT2D eigenvalue weighted by atomic mass is 10.5. The molecule has 0 saturated heterocycles. The zero-order chi connectivity index (χ0) is 7.68. The minimum atomic E-state index is 0.258. The predicted octanol–water partition coefficient (Wildman–Crippen LogP) is 0.510. The van der Waals surface area contributed by atoms with Gasteiger partial charge in [-0.25, -0.2) is 0 Å². The fraction of sp³-hybridized carbons (Fsp3) is 0. The Hall–Kier alpha value is -1.43. The van der Waals surface area contributed by atoms with Gasteiger partial charge >= 0.3 is 0 Å². The quantitative estimate of drug-likeness (QED) is 0.648. The molecule has 0 aliphatic rings. The van der Waals surface area contributed by atoms with E-state index in [2.05, 4.69) is 20.2 Å². The number of aromatic nitrogens is 4. The molecule has 0 bridgehead atoms. The fourth-order valence-electron chi connectivity index (χ4n) is 0.718. The van der Waals surface area contributed by atoms with E-state index in [4.69, 9.17) is 5.73 Å². The summed E-state index contributed by atoms with van der Waals surface area (Å²) in [5.41, 5.74) is 7.05. The van der Waals surface area contributed by atoms with Gasteiger partial charge in [0.1, 0.15) is 0 Å². The summed E-state index contributed by atoms with van der Waals surface area (Å²) in [6.45, 7) is 0. The number of nitrogen functional groups attached to an aromatic ring is 1. The van der Waals surface area contributed by atoms with Crippen LogP contribution in [0.5, 0.6) is 0 Å². The summed E-state index contributed by atoms with van der Waals surface area (Å²) in [6.07, 6.45) is 1.71. The molecule has 5 nitrogen and oxygen atoms in total. The molecule has 0 radical (unpaired) electrons. The van der Waals surface area contributed by atoms with Crippen LogP contribution in [-0.4, -0.2) is 20.2 Å². The molecule has 2 rings (SSSR count). The Morgan fingerprint density at radius 2 is 2.45 bits per heavy atom. The smallest absolute Gasteiger partial charge is 0.239 e. The number of H-pyrrole nitrogens is 1. The number of nitrogens with one attached hydrogen (secondary N) is 1. The molecule has 0 fully saturated rings. The third-order valence-electron chi connectivity index (χ3n) is 1.17.